The van der Waals surface area contributed by atoms with Crippen LogP contribution in [0.25, 0.3) is 16.0 Å². The van der Waals surface area contributed by atoms with Gasteiger partial charge in [0.25, 0.3) is 5.78 Å². The third-order valence-electron chi connectivity index (χ3n) is 5.60. The van der Waals surface area contributed by atoms with Crippen molar-refractivity contribution in [3.8, 4) is 5.75 Å². The topological polar surface area (TPSA) is 90.7 Å². The first-order chi connectivity index (χ1) is 16.2. The van der Waals surface area contributed by atoms with E-state index in [9.17, 15) is 28.6 Å². The molecule has 4 aromatic rings. The summed E-state index contributed by atoms with van der Waals surface area (Å²) >= 11 is 0.918. The van der Waals surface area contributed by atoms with E-state index in [-0.39, 0.29) is 27.7 Å². The van der Waals surface area contributed by atoms with Gasteiger partial charge in [0.15, 0.2) is 16.8 Å². The Morgan fingerprint density at radius 3 is 2.32 bits per heavy atom. The van der Waals surface area contributed by atoms with E-state index in [0.717, 1.165) is 33.9 Å². The number of phenolic OH excluding ortho intramolecular Hbond substituents is 1. The predicted molar refractivity (Wildman–Crippen MR) is 124 cm³/mol. The number of ketones is 1. The monoisotopic (exact) mass is 478 g/mol. The second kappa shape index (κ2) is 8.03. The number of fused-ring (bicyclic) bond motifs is 1. The van der Waals surface area contributed by atoms with Crippen LogP contribution in [0.4, 0.5) is 13.9 Å². The molecule has 5 rings (SSSR count). The third kappa shape index (κ3) is 3.50. The van der Waals surface area contributed by atoms with Gasteiger partial charge in [0.05, 0.1) is 21.8 Å². The van der Waals surface area contributed by atoms with E-state index in [1.165, 1.54) is 24.3 Å². The van der Waals surface area contributed by atoms with Crippen molar-refractivity contribution in [2.24, 2.45) is 0 Å². The number of aliphatic hydroxyl groups excluding tert-OH is 1. The summed E-state index contributed by atoms with van der Waals surface area (Å²) in [5.74, 6) is -4.39. The molecule has 3 aromatic carbocycles. The van der Waals surface area contributed by atoms with Gasteiger partial charge in [-0.15, -0.1) is 0 Å². The van der Waals surface area contributed by atoms with Crippen molar-refractivity contribution in [1.29, 1.82) is 0 Å². The molecule has 0 bridgehead atoms. The minimum Gasteiger partial charge on any atom is -0.508 e. The van der Waals surface area contributed by atoms with Crippen LogP contribution in [-0.2, 0) is 9.59 Å². The standard InChI is InChI=1S/C25H16F2N2O4S/c1-12-2-4-14(5-3-12)22(31)20-21(13-6-8-15(30)9-7-13)29(24(33)23(20)32)25-28-18-10-16(26)17(27)11-19(18)34-25/h2-11,21,30-31H,1H3/b22-20+. The number of Topliss-reactive ketones (excluding diaryl/α,β-unsaturated/α-hetero) is 1. The number of phenols is 1. The average molecular weight is 478 g/mol. The molecule has 34 heavy (non-hydrogen) atoms. The molecule has 0 radical (unpaired) electrons. The van der Waals surface area contributed by atoms with Gasteiger partial charge in [-0.25, -0.2) is 13.8 Å². The molecule has 170 valence electrons. The zero-order valence-corrected chi connectivity index (χ0v) is 18.4. The second-order valence-corrected chi connectivity index (χ2v) is 8.87. The SMILES string of the molecule is Cc1ccc(/C(O)=C2\C(=O)C(=O)N(c3nc4cc(F)c(F)cc4s3)C2c2ccc(O)cc2)cc1. The van der Waals surface area contributed by atoms with E-state index in [2.05, 4.69) is 4.98 Å². The highest BCUT2D eigenvalue weighted by atomic mass is 32.1. The molecule has 1 amide bonds. The van der Waals surface area contributed by atoms with Gasteiger partial charge in [0, 0.05) is 11.6 Å². The summed E-state index contributed by atoms with van der Waals surface area (Å²) in [6.45, 7) is 1.87. The smallest absolute Gasteiger partial charge is 0.301 e. The fraction of sp³-hybridized carbons (Fsp3) is 0.0800. The normalized spacial score (nSPS) is 17.6. The number of amides is 1. The number of aliphatic hydroxyl groups is 1. The summed E-state index contributed by atoms with van der Waals surface area (Å²) in [5.41, 5.74) is 1.70. The Hall–Kier alpha value is -4.11. The number of aromatic nitrogens is 1. The molecule has 0 aliphatic carbocycles. The number of benzene rings is 3. The lowest BCUT2D eigenvalue weighted by atomic mass is 9.95. The molecule has 1 atom stereocenters. The maximum atomic E-state index is 13.7. The molecule has 9 heteroatoms. The van der Waals surface area contributed by atoms with Crippen molar-refractivity contribution >= 4 is 44.1 Å². The first kappa shape index (κ1) is 21.7. The van der Waals surface area contributed by atoms with E-state index < -0.39 is 29.4 Å². The Morgan fingerprint density at radius 2 is 1.65 bits per heavy atom. The van der Waals surface area contributed by atoms with Crippen molar-refractivity contribution in [3.05, 3.63) is 94.6 Å². The highest BCUT2D eigenvalue weighted by Gasteiger charge is 2.48. The van der Waals surface area contributed by atoms with Crippen LogP contribution < -0.4 is 4.90 Å². The van der Waals surface area contributed by atoms with Crippen molar-refractivity contribution < 1.29 is 28.6 Å². The van der Waals surface area contributed by atoms with E-state index >= 15 is 0 Å². The van der Waals surface area contributed by atoms with Gasteiger partial charge in [-0.2, -0.15) is 0 Å². The van der Waals surface area contributed by atoms with E-state index in [4.69, 9.17) is 0 Å². The summed E-state index contributed by atoms with van der Waals surface area (Å²) < 4.78 is 27.8. The molecule has 6 nitrogen and oxygen atoms in total. The van der Waals surface area contributed by atoms with Gasteiger partial charge in [-0.05, 0) is 30.7 Å². The highest BCUT2D eigenvalue weighted by molar-refractivity contribution is 7.22. The van der Waals surface area contributed by atoms with Gasteiger partial charge in [0.1, 0.15) is 11.5 Å². The molecule has 2 N–H and O–H groups in total. The molecule has 1 aromatic heterocycles. The van der Waals surface area contributed by atoms with Crippen LogP contribution in [0.5, 0.6) is 5.75 Å². The van der Waals surface area contributed by atoms with Crippen LogP contribution in [0.1, 0.15) is 22.7 Å². The molecule has 1 aliphatic rings. The zero-order valence-electron chi connectivity index (χ0n) is 17.6. The van der Waals surface area contributed by atoms with Crippen LogP contribution in [0, 0.1) is 18.6 Å². The Balaban J connectivity index is 1.73. The van der Waals surface area contributed by atoms with Gasteiger partial charge < -0.3 is 10.2 Å². The summed E-state index contributed by atoms with van der Waals surface area (Å²) in [5, 5.41) is 20.8. The zero-order chi connectivity index (χ0) is 24.1. The van der Waals surface area contributed by atoms with Crippen LogP contribution in [-0.4, -0.2) is 26.9 Å². The molecule has 1 saturated heterocycles. The Morgan fingerprint density at radius 1 is 1.00 bits per heavy atom. The van der Waals surface area contributed by atoms with Crippen LogP contribution in [0.3, 0.4) is 0 Å². The molecule has 1 fully saturated rings. The summed E-state index contributed by atoms with van der Waals surface area (Å²) in [6, 6.07) is 13.4. The van der Waals surface area contributed by atoms with Gasteiger partial charge in [0.2, 0.25) is 0 Å². The predicted octanol–water partition coefficient (Wildman–Crippen LogP) is 5.21. The van der Waals surface area contributed by atoms with Gasteiger partial charge in [-0.1, -0.05) is 53.3 Å². The van der Waals surface area contributed by atoms with Crippen LogP contribution >= 0.6 is 11.3 Å². The molecular formula is C25H16F2N2O4S. The minimum absolute atomic E-state index is 0.0230. The van der Waals surface area contributed by atoms with Crippen molar-refractivity contribution in [3.63, 3.8) is 0 Å². The number of aryl methyl sites for hydroxylation is 1. The largest absolute Gasteiger partial charge is 0.508 e. The number of anilines is 1. The molecule has 1 aliphatic heterocycles. The number of nitrogens with zero attached hydrogens (tertiary/aromatic N) is 2. The highest BCUT2D eigenvalue weighted by Crippen LogP contribution is 2.44. The maximum Gasteiger partial charge on any atom is 0.301 e. The Kier molecular flexibility index (Phi) is 5.13. The lowest BCUT2D eigenvalue weighted by Gasteiger charge is -2.23. The van der Waals surface area contributed by atoms with Crippen molar-refractivity contribution in [2.45, 2.75) is 13.0 Å². The van der Waals surface area contributed by atoms with E-state index in [1.807, 2.05) is 6.92 Å². The number of carbonyl (C=O) groups excluding carboxylic acids is 2. The minimum atomic E-state index is -1.08. The summed E-state index contributed by atoms with van der Waals surface area (Å²) in [4.78, 5) is 31.7. The third-order valence-corrected chi connectivity index (χ3v) is 6.62. The lowest BCUT2D eigenvalue weighted by molar-refractivity contribution is -0.132. The van der Waals surface area contributed by atoms with Gasteiger partial charge in [-0.3, -0.25) is 14.5 Å². The number of rotatable bonds is 3. The average Bonchev–Trinajstić information content (AvgIpc) is 3.32. The molecule has 1 unspecified atom stereocenters. The molecule has 0 saturated carbocycles. The lowest BCUT2D eigenvalue weighted by Crippen LogP contribution is -2.29. The van der Waals surface area contributed by atoms with Crippen molar-refractivity contribution in [2.75, 3.05) is 4.90 Å². The van der Waals surface area contributed by atoms with Gasteiger partial charge >= 0.3 is 5.91 Å². The second-order valence-electron chi connectivity index (χ2n) is 7.86. The number of aromatic hydroxyl groups is 1. The number of thiazole rings is 1. The number of hydrogen-bond donors (Lipinski definition) is 2. The fourth-order valence-electron chi connectivity index (χ4n) is 3.88. The van der Waals surface area contributed by atoms with E-state index in [0.29, 0.717) is 15.8 Å². The molecular weight excluding hydrogens is 462 g/mol. The Bertz CT molecular complexity index is 1460. The first-order valence-corrected chi connectivity index (χ1v) is 11.0. The van der Waals surface area contributed by atoms with Crippen LogP contribution in [0.2, 0.25) is 0 Å². The quantitative estimate of drug-likeness (QED) is 0.240. The first-order valence-electron chi connectivity index (χ1n) is 10.2. The molecule has 2 heterocycles. The molecule has 0 spiro atoms. The maximum absolute atomic E-state index is 13.7. The fourth-order valence-corrected chi connectivity index (χ4v) is 4.88. The van der Waals surface area contributed by atoms with E-state index in [1.54, 1.807) is 24.3 Å². The number of halogens is 2. The van der Waals surface area contributed by atoms with Crippen molar-refractivity contribution in [1.82, 2.24) is 4.98 Å². The number of hydrogen-bond acceptors (Lipinski definition) is 6. The van der Waals surface area contributed by atoms with Crippen LogP contribution in [0.15, 0.2) is 66.2 Å². The summed E-state index contributed by atoms with van der Waals surface area (Å²) in [6.07, 6.45) is 0. The summed E-state index contributed by atoms with van der Waals surface area (Å²) in [7, 11) is 0. The Labute approximate surface area is 196 Å². The number of carbonyl (C=O) groups is 2.